The molecule has 11 heteroatoms. The first-order valence-electron chi connectivity index (χ1n) is 12.3. The number of aromatic nitrogens is 3. The van der Waals surface area contributed by atoms with Gasteiger partial charge in [0.05, 0.1) is 7.11 Å². The number of nitrogens with zero attached hydrogens (tertiary/aromatic N) is 5. The van der Waals surface area contributed by atoms with Gasteiger partial charge < -0.3 is 35.1 Å². The molecule has 1 aliphatic heterocycles. The zero-order chi connectivity index (χ0) is 24.8. The molecular formula is C24H33FN7O3-. The highest BCUT2D eigenvalue weighted by Crippen LogP contribution is 2.26. The number of hydrogen-bond donors (Lipinski definition) is 2. The number of anilines is 4. The molecule has 0 spiro atoms. The van der Waals surface area contributed by atoms with Crippen molar-refractivity contribution in [2.45, 2.75) is 64.0 Å². The molecule has 1 amide bonds. The number of ether oxygens (including phenoxy) is 1. The molecule has 1 aromatic carbocycles. The Kier molecular flexibility index (Phi) is 8.04. The van der Waals surface area contributed by atoms with E-state index >= 15 is 0 Å². The molecule has 2 fully saturated rings. The van der Waals surface area contributed by atoms with Gasteiger partial charge in [-0.2, -0.15) is 15.0 Å². The molecule has 35 heavy (non-hydrogen) atoms. The van der Waals surface area contributed by atoms with Crippen molar-refractivity contribution in [3.63, 3.8) is 0 Å². The molecule has 1 saturated heterocycles. The molecule has 10 nitrogen and oxygen atoms in total. The third-order valence-corrected chi connectivity index (χ3v) is 6.69. The van der Waals surface area contributed by atoms with Crippen molar-refractivity contribution in [3.05, 3.63) is 24.0 Å². The van der Waals surface area contributed by atoms with Crippen LogP contribution in [-0.2, 0) is 0 Å². The fraction of sp³-hybridized carbons (Fsp3) is 0.583. The minimum absolute atomic E-state index is 0.152. The minimum atomic E-state index is -1.16. The monoisotopic (exact) mass is 486 g/mol. The first-order valence-corrected chi connectivity index (χ1v) is 12.3. The van der Waals surface area contributed by atoms with Crippen molar-refractivity contribution in [1.29, 1.82) is 0 Å². The summed E-state index contributed by atoms with van der Waals surface area (Å²) in [6, 6.07) is 4.62. The van der Waals surface area contributed by atoms with Crippen LogP contribution in [0, 0.1) is 5.82 Å². The molecule has 1 atom stereocenters. The third kappa shape index (κ3) is 6.20. The molecule has 2 aromatic rings. The van der Waals surface area contributed by atoms with E-state index in [1.165, 1.54) is 37.0 Å². The lowest BCUT2D eigenvalue weighted by atomic mass is 10.1. The fourth-order valence-corrected chi connectivity index (χ4v) is 4.73. The van der Waals surface area contributed by atoms with Gasteiger partial charge in [0, 0.05) is 43.5 Å². The van der Waals surface area contributed by atoms with Gasteiger partial charge in [-0.3, -0.25) is 0 Å². The molecule has 1 aliphatic carbocycles. The second-order valence-corrected chi connectivity index (χ2v) is 9.06. The van der Waals surface area contributed by atoms with Crippen LogP contribution >= 0.6 is 0 Å². The molecule has 1 saturated carbocycles. The Bertz CT molecular complexity index is 1020. The number of methoxy groups -OCH3 is 1. The van der Waals surface area contributed by atoms with E-state index < -0.39 is 11.9 Å². The van der Waals surface area contributed by atoms with Crippen molar-refractivity contribution in [2.75, 3.05) is 42.3 Å². The Morgan fingerprint density at radius 3 is 2.54 bits per heavy atom. The van der Waals surface area contributed by atoms with Crippen LogP contribution in [-0.4, -0.2) is 64.8 Å². The number of nitrogens with one attached hydrogen (secondary N) is 2. The topological polar surface area (TPSA) is 119 Å². The Morgan fingerprint density at radius 2 is 1.89 bits per heavy atom. The average Bonchev–Trinajstić information content (AvgIpc) is 3.12. The lowest BCUT2D eigenvalue weighted by Crippen LogP contribution is -2.58. The zero-order valence-corrected chi connectivity index (χ0v) is 20.3. The van der Waals surface area contributed by atoms with Gasteiger partial charge in [0.15, 0.2) is 11.6 Å². The summed E-state index contributed by atoms with van der Waals surface area (Å²) in [5.74, 6) is 0.843. The largest absolute Gasteiger partial charge is 0.530 e. The van der Waals surface area contributed by atoms with E-state index in [0.717, 1.165) is 25.7 Å². The number of amides is 1. The molecule has 2 aliphatic rings. The van der Waals surface area contributed by atoms with Gasteiger partial charge in [0.1, 0.15) is 6.09 Å². The molecule has 2 heterocycles. The SMILES string of the molecule is CCC1CN(c2nc(Nc3ccc(OC)c(F)c3)nc(NC3CCCCCC3)n2)CCN1C(=O)[O-]. The van der Waals surface area contributed by atoms with Crippen LogP contribution in [0.1, 0.15) is 51.9 Å². The maximum atomic E-state index is 14.2. The van der Waals surface area contributed by atoms with E-state index in [-0.39, 0.29) is 23.8 Å². The summed E-state index contributed by atoms with van der Waals surface area (Å²) in [7, 11) is 1.42. The van der Waals surface area contributed by atoms with Gasteiger partial charge in [-0.15, -0.1) is 0 Å². The lowest BCUT2D eigenvalue weighted by Gasteiger charge is -2.42. The van der Waals surface area contributed by atoms with Crippen molar-refractivity contribution in [3.8, 4) is 5.75 Å². The van der Waals surface area contributed by atoms with E-state index in [1.54, 1.807) is 6.07 Å². The van der Waals surface area contributed by atoms with E-state index in [0.29, 0.717) is 43.6 Å². The van der Waals surface area contributed by atoms with Gasteiger partial charge >= 0.3 is 0 Å². The van der Waals surface area contributed by atoms with Crippen molar-refractivity contribution < 1.29 is 19.0 Å². The number of carbonyl (C=O) groups is 1. The van der Waals surface area contributed by atoms with Crippen LogP contribution in [0.4, 0.5) is 32.7 Å². The summed E-state index contributed by atoms with van der Waals surface area (Å²) in [5, 5.41) is 18.0. The highest BCUT2D eigenvalue weighted by atomic mass is 19.1. The smallest absolute Gasteiger partial charge is 0.233 e. The summed E-state index contributed by atoms with van der Waals surface area (Å²) in [6.45, 7) is 3.15. The molecule has 0 bridgehead atoms. The van der Waals surface area contributed by atoms with Crippen LogP contribution in [0.25, 0.3) is 0 Å². The highest BCUT2D eigenvalue weighted by Gasteiger charge is 2.28. The molecule has 0 radical (unpaired) electrons. The molecule has 4 rings (SSSR count). The maximum absolute atomic E-state index is 14.2. The Labute approximate surface area is 204 Å². The normalized spacial score (nSPS) is 19.2. The average molecular weight is 487 g/mol. The zero-order valence-electron chi connectivity index (χ0n) is 20.3. The molecular weight excluding hydrogens is 453 g/mol. The van der Waals surface area contributed by atoms with Crippen molar-refractivity contribution in [1.82, 2.24) is 19.9 Å². The molecule has 190 valence electrons. The van der Waals surface area contributed by atoms with Crippen LogP contribution in [0.3, 0.4) is 0 Å². The molecule has 1 aromatic heterocycles. The lowest BCUT2D eigenvalue weighted by molar-refractivity contribution is -0.268. The Hall–Kier alpha value is -3.37. The van der Waals surface area contributed by atoms with Gasteiger partial charge in [0.25, 0.3) is 0 Å². The Balaban J connectivity index is 1.60. The highest BCUT2D eigenvalue weighted by molar-refractivity contribution is 5.64. The second kappa shape index (κ2) is 11.4. The van der Waals surface area contributed by atoms with Crippen molar-refractivity contribution in [2.24, 2.45) is 0 Å². The van der Waals surface area contributed by atoms with Crippen LogP contribution < -0.4 is 25.4 Å². The first kappa shape index (κ1) is 24.7. The first-order chi connectivity index (χ1) is 17.0. The van der Waals surface area contributed by atoms with Gasteiger partial charge in [-0.05, 0) is 31.4 Å². The summed E-state index contributed by atoms with van der Waals surface area (Å²) in [6.07, 6.45) is 6.39. The summed E-state index contributed by atoms with van der Waals surface area (Å²) in [4.78, 5) is 28.7. The van der Waals surface area contributed by atoms with E-state index in [2.05, 4.69) is 25.6 Å². The van der Waals surface area contributed by atoms with Gasteiger partial charge in [-0.25, -0.2) is 4.39 Å². The van der Waals surface area contributed by atoms with E-state index in [1.807, 2.05) is 11.8 Å². The van der Waals surface area contributed by atoms with Gasteiger partial charge in [-0.1, -0.05) is 32.6 Å². The van der Waals surface area contributed by atoms with Crippen LogP contribution in [0.15, 0.2) is 18.2 Å². The number of rotatable bonds is 7. The number of carboxylic acid groups (broad SMARTS) is 1. The molecule has 2 N–H and O–H groups in total. The van der Waals surface area contributed by atoms with Crippen molar-refractivity contribution >= 4 is 29.6 Å². The van der Waals surface area contributed by atoms with E-state index in [4.69, 9.17) is 4.74 Å². The summed E-state index contributed by atoms with van der Waals surface area (Å²) < 4.78 is 19.2. The standard InChI is InChI=1S/C24H34FN7O3/c1-3-18-15-31(12-13-32(18)24(33)34)23-29-21(26-16-8-6-4-5-7-9-16)28-22(30-23)27-17-10-11-20(35-2)19(25)14-17/h10-11,14,16,18H,3-9,12-13,15H2,1-2H3,(H,33,34)(H2,26,27,28,29,30)/p-1. The third-order valence-electron chi connectivity index (χ3n) is 6.69. The predicted molar refractivity (Wildman–Crippen MR) is 130 cm³/mol. The van der Waals surface area contributed by atoms with E-state index in [9.17, 15) is 14.3 Å². The van der Waals surface area contributed by atoms with Gasteiger partial charge in [0.2, 0.25) is 17.8 Å². The summed E-state index contributed by atoms with van der Waals surface area (Å²) >= 11 is 0. The van der Waals surface area contributed by atoms with Crippen LogP contribution in [0.2, 0.25) is 0 Å². The number of carbonyl (C=O) groups excluding carboxylic acids is 1. The Morgan fingerprint density at radius 1 is 1.14 bits per heavy atom. The minimum Gasteiger partial charge on any atom is -0.530 e. The number of halogens is 1. The quantitative estimate of drug-likeness (QED) is 0.569. The number of hydrogen-bond acceptors (Lipinski definition) is 9. The number of piperazine rings is 1. The molecule has 1 unspecified atom stereocenters. The summed E-state index contributed by atoms with van der Waals surface area (Å²) in [5.41, 5.74) is 0.481. The maximum Gasteiger partial charge on any atom is 0.233 e. The second-order valence-electron chi connectivity index (χ2n) is 9.06. The fourth-order valence-electron chi connectivity index (χ4n) is 4.73. The van der Waals surface area contributed by atoms with Crippen LogP contribution in [0.5, 0.6) is 5.75 Å². The predicted octanol–water partition coefficient (Wildman–Crippen LogP) is 3.14. The number of benzene rings is 1.